The second-order valence-corrected chi connectivity index (χ2v) is 9.21. The van der Waals surface area contributed by atoms with Crippen molar-refractivity contribution < 1.29 is 19.1 Å². The van der Waals surface area contributed by atoms with Gasteiger partial charge in [0, 0.05) is 5.02 Å². The summed E-state index contributed by atoms with van der Waals surface area (Å²) in [7, 11) is 0. The van der Waals surface area contributed by atoms with Crippen LogP contribution in [-0.2, 0) is 16.1 Å². The molecule has 0 radical (unpaired) electrons. The first-order valence-corrected chi connectivity index (χ1v) is 13.2. The number of halogens is 1. The van der Waals surface area contributed by atoms with Gasteiger partial charge in [-0.05, 0) is 36.2 Å². The van der Waals surface area contributed by atoms with Gasteiger partial charge in [-0.3, -0.25) is 0 Å². The Labute approximate surface area is 210 Å². The lowest BCUT2D eigenvalue weighted by Gasteiger charge is -2.10. The molecule has 2 rings (SSSR count). The molecule has 0 saturated heterocycles. The molecule has 0 atom stereocenters. The Morgan fingerprint density at radius 3 is 1.76 bits per heavy atom. The number of ether oxygens (including phenoxy) is 2. The van der Waals surface area contributed by atoms with Crippen molar-refractivity contribution in [3.8, 4) is 0 Å². The average Bonchev–Trinajstić information content (AvgIpc) is 2.85. The quantitative estimate of drug-likeness (QED) is 0.166. The van der Waals surface area contributed by atoms with Gasteiger partial charge < -0.3 is 9.47 Å². The van der Waals surface area contributed by atoms with Crippen LogP contribution in [0.2, 0.25) is 5.02 Å². The van der Waals surface area contributed by atoms with Crippen LogP contribution >= 0.6 is 11.6 Å². The maximum atomic E-state index is 12.6. The van der Waals surface area contributed by atoms with Crippen LogP contribution in [0.5, 0.6) is 0 Å². The molecule has 34 heavy (non-hydrogen) atoms. The molecular weight excluding hydrogens is 448 g/mol. The van der Waals surface area contributed by atoms with Gasteiger partial charge in [0.25, 0.3) is 0 Å². The van der Waals surface area contributed by atoms with Crippen molar-refractivity contribution in [2.75, 3.05) is 6.61 Å². The van der Waals surface area contributed by atoms with Crippen LogP contribution in [0.3, 0.4) is 0 Å². The predicted octanol–water partition coefficient (Wildman–Crippen LogP) is 8.55. The number of rotatable bonds is 17. The molecule has 0 aliphatic rings. The summed E-state index contributed by atoms with van der Waals surface area (Å²) in [6.07, 6.45) is 15.0. The van der Waals surface area contributed by atoms with E-state index < -0.39 is 11.9 Å². The topological polar surface area (TPSA) is 52.6 Å². The van der Waals surface area contributed by atoms with Gasteiger partial charge in [0.15, 0.2) is 0 Å². The molecule has 0 heterocycles. The van der Waals surface area contributed by atoms with Crippen LogP contribution in [0.15, 0.2) is 48.5 Å². The summed E-state index contributed by atoms with van der Waals surface area (Å²) >= 11 is 5.97. The second kappa shape index (κ2) is 17.2. The van der Waals surface area contributed by atoms with Gasteiger partial charge in [0.1, 0.15) is 6.61 Å². The summed E-state index contributed by atoms with van der Waals surface area (Å²) in [4.78, 5) is 25.1. The highest BCUT2D eigenvalue weighted by atomic mass is 35.5. The Kier molecular flexibility index (Phi) is 14.1. The predicted molar refractivity (Wildman–Crippen MR) is 138 cm³/mol. The highest BCUT2D eigenvalue weighted by Crippen LogP contribution is 2.16. The molecule has 186 valence electrons. The minimum absolute atomic E-state index is 0.0850. The Balaban J connectivity index is 1.62. The zero-order valence-electron chi connectivity index (χ0n) is 20.5. The monoisotopic (exact) mass is 486 g/mol. The van der Waals surface area contributed by atoms with Crippen LogP contribution in [0.4, 0.5) is 0 Å². The summed E-state index contributed by atoms with van der Waals surface area (Å²) in [5.41, 5.74) is 1.23. The largest absolute Gasteiger partial charge is 0.462 e. The van der Waals surface area contributed by atoms with E-state index in [9.17, 15) is 9.59 Å². The average molecular weight is 487 g/mol. The van der Waals surface area contributed by atoms with E-state index in [1.165, 1.54) is 64.2 Å². The van der Waals surface area contributed by atoms with E-state index >= 15 is 0 Å². The molecule has 2 aromatic rings. The van der Waals surface area contributed by atoms with E-state index in [1.807, 2.05) is 6.07 Å². The second-order valence-electron chi connectivity index (χ2n) is 8.78. The molecule has 0 N–H and O–H groups in total. The maximum Gasteiger partial charge on any atom is 0.339 e. The zero-order valence-corrected chi connectivity index (χ0v) is 21.3. The zero-order chi connectivity index (χ0) is 24.4. The van der Waals surface area contributed by atoms with E-state index in [0.29, 0.717) is 11.6 Å². The van der Waals surface area contributed by atoms with E-state index in [1.54, 1.807) is 42.5 Å². The number of carbonyl (C=O) groups excluding carboxylic acids is 2. The van der Waals surface area contributed by atoms with Crippen molar-refractivity contribution in [2.24, 2.45) is 0 Å². The highest BCUT2D eigenvalue weighted by Gasteiger charge is 2.19. The van der Waals surface area contributed by atoms with Crippen LogP contribution in [-0.4, -0.2) is 18.5 Å². The fourth-order valence-corrected chi connectivity index (χ4v) is 4.09. The van der Waals surface area contributed by atoms with Gasteiger partial charge in [-0.15, -0.1) is 0 Å². The smallest absolute Gasteiger partial charge is 0.339 e. The first-order chi connectivity index (χ1) is 16.6. The number of benzene rings is 2. The minimum atomic E-state index is -0.558. The van der Waals surface area contributed by atoms with Crippen LogP contribution in [0, 0.1) is 0 Å². The van der Waals surface area contributed by atoms with Gasteiger partial charge in [-0.1, -0.05) is 113 Å². The normalized spacial score (nSPS) is 10.8. The van der Waals surface area contributed by atoms with Crippen LogP contribution in [0.25, 0.3) is 0 Å². The van der Waals surface area contributed by atoms with E-state index in [0.717, 1.165) is 18.4 Å². The Morgan fingerprint density at radius 1 is 0.676 bits per heavy atom. The lowest BCUT2D eigenvalue weighted by molar-refractivity contribution is 0.0436. The van der Waals surface area contributed by atoms with Gasteiger partial charge in [-0.2, -0.15) is 0 Å². The van der Waals surface area contributed by atoms with E-state index in [2.05, 4.69) is 6.92 Å². The van der Waals surface area contributed by atoms with Crippen molar-refractivity contribution in [1.82, 2.24) is 0 Å². The van der Waals surface area contributed by atoms with Crippen molar-refractivity contribution in [2.45, 2.75) is 90.6 Å². The number of hydrogen-bond donors (Lipinski definition) is 0. The van der Waals surface area contributed by atoms with Crippen LogP contribution in [0.1, 0.15) is 110 Å². The summed E-state index contributed by atoms with van der Waals surface area (Å²) in [5.74, 6) is -1.05. The van der Waals surface area contributed by atoms with Gasteiger partial charge >= 0.3 is 11.9 Å². The molecule has 0 aliphatic heterocycles. The fourth-order valence-electron chi connectivity index (χ4n) is 3.88. The molecule has 0 spiro atoms. The Bertz CT molecular complexity index is 865. The third-order valence-electron chi connectivity index (χ3n) is 5.86. The SMILES string of the molecule is CCCCCCCCCCCCCCOC(=O)c1ccccc1C(=O)OCc1cccc(Cl)c1. The molecule has 0 unspecified atom stereocenters. The highest BCUT2D eigenvalue weighted by molar-refractivity contribution is 6.30. The van der Waals surface area contributed by atoms with Gasteiger partial charge in [0.2, 0.25) is 0 Å². The van der Waals surface area contributed by atoms with Crippen LogP contribution < -0.4 is 0 Å². The lowest BCUT2D eigenvalue weighted by Crippen LogP contribution is -2.14. The molecule has 0 aliphatic carbocycles. The number of carbonyl (C=O) groups is 2. The molecule has 0 saturated carbocycles. The summed E-state index contributed by atoms with van der Waals surface area (Å²) < 4.78 is 10.8. The number of unbranched alkanes of at least 4 members (excludes halogenated alkanes) is 11. The van der Waals surface area contributed by atoms with E-state index in [-0.39, 0.29) is 17.7 Å². The van der Waals surface area contributed by atoms with Crippen molar-refractivity contribution in [3.05, 3.63) is 70.2 Å². The Hall–Kier alpha value is -2.33. The standard InChI is InChI=1S/C29H39ClO4/c1-2-3-4-5-6-7-8-9-10-11-12-15-21-33-28(31)26-19-13-14-20-27(26)29(32)34-23-24-17-16-18-25(30)22-24/h13-14,16-20,22H,2-12,15,21,23H2,1H3. The summed E-state index contributed by atoms with van der Waals surface area (Å²) in [6.45, 7) is 2.70. The van der Waals surface area contributed by atoms with Crippen molar-refractivity contribution >= 4 is 23.5 Å². The molecule has 2 aromatic carbocycles. The molecule has 5 heteroatoms. The molecule has 4 nitrogen and oxygen atoms in total. The fraction of sp³-hybridized carbons (Fsp3) is 0.517. The molecule has 0 amide bonds. The third kappa shape index (κ3) is 11.2. The minimum Gasteiger partial charge on any atom is -0.462 e. The molecular formula is C29H39ClO4. The first kappa shape index (κ1) is 27.9. The number of hydrogen-bond acceptors (Lipinski definition) is 4. The molecule has 0 fully saturated rings. The lowest BCUT2D eigenvalue weighted by atomic mass is 10.1. The maximum absolute atomic E-state index is 12.6. The van der Waals surface area contributed by atoms with Crippen molar-refractivity contribution in [3.63, 3.8) is 0 Å². The summed E-state index contributed by atoms with van der Waals surface area (Å²) in [6, 6.07) is 13.7. The van der Waals surface area contributed by atoms with E-state index in [4.69, 9.17) is 21.1 Å². The third-order valence-corrected chi connectivity index (χ3v) is 6.09. The van der Waals surface area contributed by atoms with Gasteiger partial charge in [0.05, 0.1) is 17.7 Å². The summed E-state index contributed by atoms with van der Waals surface area (Å²) in [5, 5.41) is 0.579. The van der Waals surface area contributed by atoms with Crippen molar-refractivity contribution in [1.29, 1.82) is 0 Å². The number of esters is 2. The van der Waals surface area contributed by atoms with Gasteiger partial charge in [-0.25, -0.2) is 9.59 Å². The molecule has 0 aromatic heterocycles. The molecule has 0 bridgehead atoms. The first-order valence-electron chi connectivity index (χ1n) is 12.8. The Morgan fingerprint density at radius 2 is 1.21 bits per heavy atom.